The molecular weight excluding hydrogens is 460 g/mol. The Morgan fingerprint density at radius 2 is 1.70 bits per heavy atom. The summed E-state index contributed by atoms with van der Waals surface area (Å²) in [5.41, 5.74) is 14.7. The van der Waals surface area contributed by atoms with Crippen LogP contribution in [-0.2, 0) is 25.7 Å². The van der Waals surface area contributed by atoms with Gasteiger partial charge in [0.25, 0.3) is 0 Å². The Balaban J connectivity index is 1.22. The third-order valence-corrected chi connectivity index (χ3v) is 7.43. The van der Waals surface area contributed by atoms with Crippen molar-refractivity contribution in [1.82, 2.24) is 30.3 Å². The number of nitrogens with zero attached hydrogens (tertiary/aromatic N) is 5. The van der Waals surface area contributed by atoms with Gasteiger partial charge in [0.2, 0.25) is 11.9 Å². The minimum atomic E-state index is 0.281. The fourth-order valence-electron chi connectivity index (χ4n) is 5.68. The molecule has 190 valence electrons. The molecule has 4 N–H and O–H groups in total. The molecule has 2 heterocycles. The lowest BCUT2D eigenvalue weighted by molar-refractivity contribution is 0.424. The Kier molecular flexibility index (Phi) is 6.34. The molecule has 0 amide bonds. The number of aryl methyl sites for hydroxylation is 4. The first-order valence-electron chi connectivity index (χ1n) is 13.4. The van der Waals surface area contributed by atoms with Crippen molar-refractivity contribution < 1.29 is 0 Å². The average molecular weight is 495 g/mol. The molecule has 6 rings (SSSR count). The lowest BCUT2D eigenvalue weighted by Crippen LogP contribution is -2.34. The van der Waals surface area contributed by atoms with Gasteiger partial charge in [-0.1, -0.05) is 44.2 Å². The maximum atomic E-state index is 6.27. The summed E-state index contributed by atoms with van der Waals surface area (Å²) in [7, 11) is 0. The molecule has 8 nitrogen and oxygen atoms in total. The van der Waals surface area contributed by atoms with Gasteiger partial charge in [0.1, 0.15) is 0 Å². The van der Waals surface area contributed by atoms with E-state index in [1.165, 1.54) is 23.1 Å². The first kappa shape index (κ1) is 23.6. The molecule has 0 radical (unpaired) electrons. The predicted molar refractivity (Wildman–Crippen MR) is 147 cm³/mol. The van der Waals surface area contributed by atoms with Crippen LogP contribution in [0.3, 0.4) is 0 Å². The van der Waals surface area contributed by atoms with Crippen LogP contribution < -0.4 is 16.4 Å². The third-order valence-electron chi connectivity index (χ3n) is 7.43. The molecular formula is C29H34N8. The van der Waals surface area contributed by atoms with Crippen LogP contribution >= 0.6 is 0 Å². The number of anilines is 3. The smallest absolute Gasteiger partial charge is 0.248 e. The molecule has 0 unspecified atom stereocenters. The average Bonchev–Trinajstić information content (AvgIpc) is 3.03. The SMILES string of the molecule is CC(C)N[C@H]1CCc2ccc(Nc3nc(N)n(-c4cc5c(nn4)-c4ccccc4CCC5)n3)cc2CC1. The fourth-order valence-corrected chi connectivity index (χ4v) is 5.68. The van der Waals surface area contributed by atoms with Crippen LogP contribution in [0.5, 0.6) is 0 Å². The van der Waals surface area contributed by atoms with E-state index >= 15 is 0 Å². The van der Waals surface area contributed by atoms with Crippen LogP contribution in [0.25, 0.3) is 17.1 Å². The van der Waals surface area contributed by atoms with Crippen molar-refractivity contribution in [2.75, 3.05) is 11.1 Å². The highest BCUT2D eigenvalue weighted by molar-refractivity contribution is 5.68. The molecule has 2 aromatic carbocycles. The van der Waals surface area contributed by atoms with Crippen molar-refractivity contribution in [2.45, 2.75) is 70.9 Å². The summed E-state index contributed by atoms with van der Waals surface area (Å²) in [4.78, 5) is 4.46. The van der Waals surface area contributed by atoms with Crippen LogP contribution in [0.1, 0.15) is 55.4 Å². The molecule has 0 fully saturated rings. The van der Waals surface area contributed by atoms with Gasteiger partial charge in [-0.2, -0.15) is 9.67 Å². The van der Waals surface area contributed by atoms with Gasteiger partial charge in [-0.3, -0.25) is 0 Å². The highest BCUT2D eigenvalue weighted by atomic mass is 15.4. The summed E-state index contributed by atoms with van der Waals surface area (Å²) in [6.07, 6.45) is 7.53. The zero-order chi connectivity index (χ0) is 25.4. The molecule has 0 aliphatic heterocycles. The second-order valence-corrected chi connectivity index (χ2v) is 10.5. The van der Waals surface area contributed by atoms with Crippen LogP contribution in [0.4, 0.5) is 17.6 Å². The predicted octanol–water partition coefficient (Wildman–Crippen LogP) is 4.78. The monoisotopic (exact) mass is 494 g/mol. The van der Waals surface area contributed by atoms with Crippen molar-refractivity contribution >= 4 is 17.6 Å². The highest BCUT2D eigenvalue weighted by Crippen LogP contribution is 2.31. The highest BCUT2D eigenvalue weighted by Gasteiger charge is 2.20. The second kappa shape index (κ2) is 9.94. The second-order valence-electron chi connectivity index (χ2n) is 10.5. The van der Waals surface area contributed by atoms with Gasteiger partial charge in [-0.15, -0.1) is 15.3 Å². The van der Waals surface area contributed by atoms with Crippen LogP contribution in [0.2, 0.25) is 0 Å². The molecule has 8 heteroatoms. The maximum Gasteiger partial charge on any atom is 0.248 e. The number of nitrogens with two attached hydrogens (primary N) is 1. The minimum absolute atomic E-state index is 0.281. The third kappa shape index (κ3) is 4.93. The van der Waals surface area contributed by atoms with Gasteiger partial charge in [-0.25, -0.2) is 0 Å². The Morgan fingerprint density at radius 1 is 0.892 bits per heavy atom. The Morgan fingerprint density at radius 3 is 2.57 bits per heavy atom. The minimum Gasteiger partial charge on any atom is -0.368 e. The van der Waals surface area contributed by atoms with Gasteiger partial charge >= 0.3 is 0 Å². The number of nitrogens with one attached hydrogen (secondary N) is 2. The molecule has 0 spiro atoms. The van der Waals surface area contributed by atoms with Gasteiger partial charge in [0, 0.05) is 23.3 Å². The molecule has 4 aromatic rings. The van der Waals surface area contributed by atoms with E-state index in [1.54, 1.807) is 4.68 Å². The first-order chi connectivity index (χ1) is 18.0. The number of hydrogen-bond donors (Lipinski definition) is 3. The van der Waals surface area contributed by atoms with Gasteiger partial charge in [0.15, 0.2) is 5.82 Å². The van der Waals surface area contributed by atoms with Gasteiger partial charge in [0.05, 0.1) is 5.69 Å². The van der Waals surface area contributed by atoms with Gasteiger partial charge < -0.3 is 16.4 Å². The summed E-state index contributed by atoms with van der Waals surface area (Å²) in [5, 5.41) is 20.7. The molecule has 2 aliphatic carbocycles. The Hall–Kier alpha value is -3.78. The Bertz CT molecular complexity index is 1420. The standard InChI is InChI=1S/C29H34N8/c1-18(2)31-23-13-10-19-11-15-24(16-21(19)12-14-23)32-29-33-28(30)37(36-29)26-17-22-8-5-7-20-6-3-4-9-25(20)27(22)35-34-26/h3-4,6,9,11,15-18,23,31H,5,7-8,10,12-14H2,1-2H3,(H3,30,32,33,36)/t23-/m0/s1. The van der Waals surface area contributed by atoms with E-state index in [-0.39, 0.29) is 5.95 Å². The van der Waals surface area contributed by atoms with Crippen LogP contribution in [0, 0.1) is 0 Å². The normalized spacial score (nSPS) is 16.9. The van der Waals surface area contributed by atoms with E-state index in [1.807, 2.05) is 6.07 Å². The van der Waals surface area contributed by atoms with Crippen molar-refractivity contribution in [3.63, 3.8) is 0 Å². The first-order valence-corrected chi connectivity index (χ1v) is 13.4. The zero-order valence-corrected chi connectivity index (χ0v) is 21.5. The molecule has 37 heavy (non-hydrogen) atoms. The van der Waals surface area contributed by atoms with Crippen molar-refractivity contribution in [1.29, 1.82) is 0 Å². The largest absolute Gasteiger partial charge is 0.368 e. The van der Waals surface area contributed by atoms with E-state index in [4.69, 9.17) is 5.73 Å². The van der Waals surface area contributed by atoms with E-state index in [9.17, 15) is 0 Å². The molecule has 0 saturated carbocycles. The van der Waals surface area contributed by atoms with E-state index in [0.29, 0.717) is 23.8 Å². The van der Waals surface area contributed by atoms with Gasteiger partial charge in [-0.05, 0) is 85.4 Å². The van der Waals surface area contributed by atoms with E-state index < -0.39 is 0 Å². The molecule has 2 aromatic heterocycles. The van der Waals surface area contributed by atoms with E-state index in [2.05, 4.69) is 87.2 Å². The topological polar surface area (TPSA) is 107 Å². The summed E-state index contributed by atoms with van der Waals surface area (Å²) in [5.74, 6) is 1.32. The van der Waals surface area contributed by atoms with E-state index in [0.717, 1.165) is 61.0 Å². The molecule has 1 atom stereocenters. The number of aromatic nitrogens is 5. The summed E-state index contributed by atoms with van der Waals surface area (Å²) >= 11 is 0. The fraction of sp³-hybridized carbons (Fsp3) is 0.379. The number of benzene rings is 2. The molecule has 0 bridgehead atoms. The van der Waals surface area contributed by atoms with Crippen molar-refractivity contribution in [3.8, 4) is 17.1 Å². The van der Waals surface area contributed by atoms with Crippen molar-refractivity contribution in [3.05, 3.63) is 70.8 Å². The summed E-state index contributed by atoms with van der Waals surface area (Å²) in [6.45, 7) is 4.43. The zero-order valence-electron chi connectivity index (χ0n) is 21.5. The molecule has 0 saturated heterocycles. The van der Waals surface area contributed by atoms with Crippen molar-refractivity contribution in [2.24, 2.45) is 0 Å². The quantitative estimate of drug-likeness (QED) is 0.343. The Labute approximate surface area is 217 Å². The lowest BCUT2D eigenvalue weighted by atomic mass is 10.0. The number of rotatable bonds is 5. The number of fused-ring (bicyclic) bond motifs is 4. The number of hydrogen-bond acceptors (Lipinski definition) is 7. The van der Waals surface area contributed by atoms with Crippen LogP contribution in [-0.4, -0.2) is 37.0 Å². The summed E-state index contributed by atoms with van der Waals surface area (Å²) < 4.78 is 1.57. The summed E-state index contributed by atoms with van der Waals surface area (Å²) in [6, 6.07) is 18.1. The molecule has 2 aliphatic rings. The maximum absolute atomic E-state index is 6.27. The lowest BCUT2D eigenvalue weighted by Gasteiger charge is -2.18. The number of nitrogen functional groups attached to an aromatic ring is 1. The van der Waals surface area contributed by atoms with Crippen LogP contribution in [0.15, 0.2) is 48.5 Å².